The van der Waals surface area contributed by atoms with Crippen LogP contribution in [-0.4, -0.2) is 10.5 Å². The van der Waals surface area contributed by atoms with Gasteiger partial charge in [-0.25, -0.2) is 0 Å². The van der Waals surface area contributed by atoms with Crippen LogP contribution in [-0.2, 0) is 12.6 Å². The van der Waals surface area contributed by atoms with E-state index in [1.165, 1.54) is 12.3 Å². The zero-order chi connectivity index (χ0) is 20.2. The van der Waals surface area contributed by atoms with Crippen LogP contribution in [0.5, 0.6) is 0 Å². The zero-order valence-corrected chi connectivity index (χ0v) is 15.4. The van der Waals surface area contributed by atoms with Gasteiger partial charge in [-0.05, 0) is 43.2 Å². The molecule has 1 aromatic heterocycles. The van der Waals surface area contributed by atoms with Gasteiger partial charge in [-0.3, -0.25) is 9.59 Å². The molecule has 1 N–H and O–H groups in total. The highest BCUT2D eigenvalue weighted by molar-refractivity contribution is 6.31. The molecule has 0 unspecified atom stereocenters. The summed E-state index contributed by atoms with van der Waals surface area (Å²) in [5.41, 5.74) is 0.0964. The SMILES string of the molecule is C[C@H]1Cc2cccc3c(=O)c(C(=O)Nc4ccc(Cl)c(C(F)(F)F)c4)cn1c23. The Hall–Kier alpha value is -2.80. The number of amides is 1. The fourth-order valence-corrected chi connectivity index (χ4v) is 3.82. The molecule has 4 nitrogen and oxygen atoms in total. The van der Waals surface area contributed by atoms with E-state index in [9.17, 15) is 22.8 Å². The lowest BCUT2D eigenvalue weighted by Gasteiger charge is -2.14. The summed E-state index contributed by atoms with van der Waals surface area (Å²) < 4.78 is 40.9. The lowest BCUT2D eigenvalue weighted by Crippen LogP contribution is -2.24. The minimum atomic E-state index is -4.65. The largest absolute Gasteiger partial charge is 0.417 e. The molecule has 1 aliphatic heterocycles. The molecule has 4 rings (SSSR count). The van der Waals surface area contributed by atoms with Crippen molar-refractivity contribution in [2.75, 3.05) is 5.32 Å². The van der Waals surface area contributed by atoms with Crippen LogP contribution >= 0.6 is 11.6 Å². The van der Waals surface area contributed by atoms with E-state index in [2.05, 4.69) is 5.32 Å². The van der Waals surface area contributed by atoms with Crippen molar-refractivity contribution in [3.63, 3.8) is 0 Å². The van der Waals surface area contributed by atoms with Crippen molar-refractivity contribution in [3.05, 3.63) is 74.5 Å². The third kappa shape index (κ3) is 2.96. The van der Waals surface area contributed by atoms with Crippen LogP contribution in [0.4, 0.5) is 18.9 Å². The molecule has 2 heterocycles. The Bertz CT molecular complexity index is 1180. The molecule has 3 aromatic rings. The number of nitrogens with one attached hydrogen (secondary N) is 1. The Morgan fingerprint density at radius 3 is 2.71 bits per heavy atom. The van der Waals surface area contributed by atoms with Crippen molar-refractivity contribution < 1.29 is 18.0 Å². The molecule has 1 atom stereocenters. The molecule has 0 saturated carbocycles. The van der Waals surface area contributed by atoms with Gasteiger partial charge in [0.05, 0.1) is 16.1 Å². The summed E-state index contributed by atoms with van der Waals surface area (Å²) >= 11 is 5.60. The van der Waals surface area contributed by atoms with Crippen LogP contribution in [0, 0.1) is 0 Å². The summed E-state index contributed by atoms with van der Waals surface area (Å²) in [7, 11) is 0. The quantitative estimate of drug-likeness (QED) is 0.648. The molecule has 8 heteroatoms. The molecule has 0 radical (unpaired) electrons. The van der Waals surface area contributed by atoms with E-state index in [0.29, 0.717) is 5.39 Å². The Labute approximate surface area is 162 Å². The molecule has 1 amide bonds. The maximum atomic E-state index is 13.0. The highest BCUT2D eigenvalue weighted by Crippen LogP contribution is 2.36. The predicted molar refractivity (Wildman–Crippen MR) is 101 cm³/mol. The number of benzene rings is 2. The van der Waals surface area contributed by atoms with Crippen molar-refractivity contribution in [2.24, 2.45) is 0 Å². The first-order valence-corrected chi connectivity index (χ1v) is 8.89. The van der Waals surface area contributed by atoms with Gasteiger partial charge in [-0.15, -0.1) is 0 Å². The van der Waals surface area contributed by atoms with Crippen LogP contribution in [0.15, 0.2) is 47.4 Å². The number of hydrogen-bond donors (Lipinski definition) is 1. The number of nitrogens with zero attached hydrogens (tertiary/aromatic N) is 1. The highest BCUT2D eigenvalue weighted by Gasteiger charge is 2.33. The highest BCUT2D eigenvalue weighted by atomic mass is 35.5. The van der Waals surface area contributed by atoms with Crippen LogP contribution in [0.25, 0.3) is 10.9 Å². The summed E-state index contributed by atoms with van der Waals surface area (Å²) in [6, 6.07) is 8.48. The van der Waals surface area contributed by atoms with E-state index in [4.69, 9.17) is 11.6 Å². The summed E-state index contributed by atoms with van der Waals surface area (Å²) in [5, 5.41) is 2.33. The fourth-order valence-electron chi connectivity index (χ4n) is 3.60. The van der Waals surface area contributed by atoms with Gasteiger partial charge in [0.15, 0.2) is 0 Å². The molecule has 0 bridgehead atoms. The van der Waals surface area contributed by atoms with Crippen molar-refractivity contribution in [3.8, 4) is 0 Å². The average Bonchev–Trinajstić information content (AvgIpc) is 2.95. The number of pyridine rings is 1. The topological polar surface area (TPSA) is 51.1 Å². The number of para-hydroxylation sites is 1. The van der Waals surface area contributed by atoms with Crippen LogP contribution < -0.4 is 10.7 Å². The smallest absolute Gasteiger partial charge is 0.343 e. The maximum absolute atomic E-state index is 13.0. The summed E-state index contributed by atoms with van der Waals surface area (Å²) in [4.78, 5) is 25.5. The fraction of sp³-hybridized carbons (Fsp3) is 0.200. The van der Waals surface area contributed by atoms with Gasteiger partial charge < -0.3 is 9.88 Å². The van der Waals surface area contributed by atoms with Crippen molar-refractivity contribution in [1.82, 2.24) is 4.57 Å². The van der Waals surface area contributed by atoms with Crippen molar-refractivity contribution in [2.45, 2.75) is 25.6 Å². The van der Waals surface area contributed by atoms with E-state index in [-0.39, 0.29) is 17.3 Å². The first kappa shape index (κ1) is 18.6. The first-order valence-electron chi connectivity index (χ1n) is 8.51. The number of halogens is 4. The predicted octanol–water partition coefficient (Wildman–Crippen LogP) is 5.04. The molecule has 0 aliphatic carbocycles. The molecule has 2 aromatic carbocycles. The second kappa shape index (κ2) is 6.38. The summed E-state index contributed by atoms with van der Waals surface area (Å²) in [5.74, 6) is -0.768. The number of carbonyl (C=O) groups is 1. The van der Waals surface area contributed by atoms with Crippen LogP contribution in [0.3, 0.4) is 0 Å². The molecule has 1 aliphatic rings. The Balaban J connectivity index is 1.76. The Morgan fingerprint density at radius 2 is 2.00 bits per heavy atom. The van der Waals surface area contributed by atoms with Gasteiger partial charge >= 0.3 is 6.18 Å². The number of anilines is 1. The lowest BCUT2D eigenvalue weighted by molar-refractivity contribution is -0.137. The van der Waals surface area contributed by atoms with E-state index in [1.54, 1.807) is 12.1 Å². The van der Waals surface area contributed by atoms with Gasteiger partial charge in [0.2, 0.25) is 5.43 Å². The molecule has 0 fully saturated rings. The Morgan fingerprint density at radius 1 is 1.25 bits per heavy atom. The van der Waals surface area contributed by atoms with Gasteiger partial charge in [0.25, 0.3) is 5.91 Å². The van der Waals surface area contributed by atoms with Gasteiger partial charge in [0, 0.05) is 23.3 Å². The molecule has 144 valence electrons. The number of hydrogen-bond acceptors (Lipinski definition) is 2. The molecule has 0 saturated heterocycles. The monoisotopic (exact) mass is 406 g/mol. The Kier molecular flexibility index (Phi) is 4.23. The number of carbonyl (C=O) groups excluding carboxylic acids is 1. The first-order chi connectivity index (χ1) is 13.2. The zero-order valence-electron chi connectivity index (χ0n) is 14.6. The number of rotatable bonds is 2. The van der Waals surface area contributed by atoms with E-state index in [1.807, 2.05) is 17.6 Å². The van der Waals surface area contributed by atoms with Gasteiger partial charge in [0.1, 0.15) is 5.56 Å². The number of alkyl halides is 3. The van der Waals surface area contributed by atoms with Crippen LogP contribution in [0.1, 0.15) is 34.5 Å². The molecular formula is C20H14ClF3N2O2. The second-order valence-corrected chi connectivity index (χ2v) is 7.20. The summed E-state index contributed by atoms with van der Waals surface area (Å²) in [6.07, 6.45) is -2.44. The van der Waals surface area contributed by atoms with Gasteiger partial charge in [-0.2, -0.15) is 13.2 Å². The third-order valence-electron chi connectivity index (χ3n) is 4.90. The molecular weight excluding hydrogens is 393 g/mol. The van der Waals surface area contributed by atoms with Crippen LogP contribution in [0.2, 0.25) is 5.02 Å². The molecule has 28 heavy (non-hydrogen) atoms. The second-order valence-electron chi connectivity index (χ2n) is 6.79. The van der Waals surface area contributed by atoms with Crippen molar-refractivity contribution in [1.29, 1.82) is 0 Å². The lowest BCUT2D eigenvalue weighted by atomic mass is 10.1. The van der Waals surface area contributed by atoms with Crippen molar-refractivity contribution >= 4 is 34.1 Å². The normalized spacial score (nSPS) is 15.8. The summed E-state index contributed by atoms with van der Waals surface area (Å²) in [6.45, 7) is 1.97. The van der Waals surface area contributed by atoms with Gasteiger partial charge in [-0.1, -0.05) is 23.7 Å². The average molecular weight is 407 g/mol. The molecule has 0 spiro atoms. The van der Waals surface area contributed by atoms with E-state index >= 15 is 0 Å². The van der Waals surface area contributed by atoms with E-state index in [0.717, 1.165) is 29.6 Å². The number of aromatic nitrogens is 1. The minimum absolute atomic E-state index is 0.0689. The van der Waals surface area contributed by atoms with E-state index < -0.39 is 28.1 Å². The minimum Gasteiger partial charge on any atom is -0.343 e. The standard InChI is InChI=1S/C20H14ClF3N2O2/c1-10-7-11-3-2-4-13-17(11)26(10)9-14(18(13)27)19(28)25-12-5-6-16(21)15(8-12)20(22,23)24/h2-6,8-10H,7H2,1H3,(H,25,28)/t10-/m0/s1. The maximum Gasteiger partial charge on any atom is 0.417 e. The third-order valence-corrected chi connectivity index (χ3v) is 5.23.